The number of anilines is 1. The summed E-state index contributed by atoms with van der Waals surface area (Å²) in [4.78, 5) is 12.2. The van der Waals surface area contributed by atoms with Crippen LogP contribution in [0, 0.1) is 0 Å². The summed E-state index contributed by atoms with van der Waals surface area (Å²) in [6.07, 6.45) is -4.77. The summed E-state index contributed by atoms with van der Waals surface area (Å²) < 4.78 is 52.1. The van der Waals surface area contributed by atoms with Crippen molar-refractivity contribution in [2.45, 2.75) is 13.0 Å². The van der Waals surface area contributed by atoms with Gasteiger partial charge in [-0.1, -0.05) is 15.9 Å². The molecule has 0 fully saturated rings. The number of hydrogen-bond donors (Lipinski definition) is 1. The highest BCUT2D eigenvalue weighted by Gasteiger charge is 2.31. The number of amides is 1. The van der Waals surface area contributed by atoms with Gasteiger partial charge >= 0.3 is 6.36 Å². The maximum absolute atomic E-state index is 12.2. The molecule has 0 saturated carbocycles. The van der Waals surface area contributed by atoms with Crippen molar-refractivity contribution in [3.8, 4) is 11.5 Å². The van der Waals surface area contributed by atoms with Gasteiger partial charge in [0.15, 0.2) is 5.76 Å². The first-order chi connectivity index (χ1) is 13.3. The van der Waals surface area contributed by atoms with E-state index in [1.54, 1.807) is 18.2 Å². The van der Waals surface area contributed by atoms with Crippen LogP contribution in [0.4, 0.5) is 18.9 Å². The first kappa shape index (κ1) is 19.8. The van der Waals surface area contributed by atoms with Crippen molar-refractivity contribution >= 4 is 27.5 Å². The van der Waals surface area contributed by atoms with Crippen LogP contribution in [0.1, 0.15) is 16.3 Å². The van der Waals surface area contributed by atoms with E-state index in [0.29, 0.717) is 17.2 Å². The number of nitrogens with one attached hydrogen (secondary N) is 1. The van der Waals surface area contributed by atoms with Crippen LogP contribution in [0.3, 0.4) is 0 Å². The Kier molecular flexibility index (Phi) is 5.93. The highest BCUT2D eigenvalue weighted by molar-refractivity contribution is 9.10. The first-order valence-electron chi connectivity index (χ1n) is 7.93. The Hall–Kier alpha value is -2.94. The zero-order valence-corrected chi connectivity index (χ0v) is 15.7. The van der Waals surface area contributed by atoms with E-state index >= 15 is 0 Å². The fourth-order valence-electron chi connectivity index (χ4n) is 2.20. The number of ether oxygens (including phenoxy) is 2. The van der Waals surface area contributed by atoms with Crippen LogP contribution < -0.4 is 14.8 Å². The van der Waals surface area contributed by atoms with Crippen molar-refractivity contribution in [1.82, 2.24) is 0 Å². The quantitative estimate of drug-likeness (QED) is 0.512. The molecule has 1 aromatic heterocycles. The number of furan rings is 1. The van der Waals surface area contributed by atoms with E-state index in [1.165, 1.54) is 18.2 Å². The Labute approximate surface area is 166 Å². The number of benzene rings is 2. The standard InChI is InChI=1S/C19H13BrF3NO4/c20-12-1-5-14(6-2-12)26-11-16-9-10-17(27-16)18(25)24-13-3-7-15(8-4-13)28-19(21,22)23/h1-10H,11H2,(H,24,25). The van der Waals surface area contributed by atoms with Gasteiger partial charge in [0.2, 0.25) is 0 Å². The Morgan fingerprint density at radius 1 is 0.964 bits per heavy atom. The maximum Gasteiger partial charge on any atom is 0.573 e. The Morgan fingerprint density at radius 2 is 1.61 bits per heavy atom. The summed E-state index contributed by atoms with van der Waals surface area (Å²) in [5.41, 5.74) is 0.295. The Morgan fingerprint density at radius 3 is 2.25 bits per heavy atom. The number of rotatable bonds is 6. The van der Waals surface area contributed by atoms with E-state index in [9.17, 15) is 18.0 Å². The molecule has 9 heteroatoms. The molecule has 0 aliphatic heterocycles. The van der Waals surface area contributed by atoms with Crippen LogP contribution in [-0.2, 0) is 6.61 Å². The highest BCUT2D eigenvalue weighted by Crippen LogP contribution is 2.24. The predicted molar refractivity (Wildman–Crippen MR) is 98.3 cm³/mol. The second kappa shape index (κ2) is 8.39. The predicted octanol–water partition coefficient (Wildman–Crippen LogP) is 5.77. The summed E-state index contributed by atoms with van der Waals surface area (Å²) in [6.45, 7) is 0.137. The zero-order valence-electron chi connectivity index (χ0n) is 14.1. The molecule has 0 aliphatic rings. The molecule has 0 radical (unpaired) electrons. The lowest BCUT2D eigenvalue weighted by atomic mass is 10.3. The molecule has 0 unspecified atom stereocenters. The zero-order chi connectivity index (χ0) is 20.1. The van der Waals surface area contributed by atoms with Crippen LogP contribution >= 0.6 is 15.9 Å². The molecule has 1 amide bonds. The van der Waals surface area contributed by atoms with Gasteiger partial charge in [0, 0.05) is 10.2 Å². The second-order valence-corrected chi connectivity index (χ2v) is 6.45. The molecular formula is C19H13BrF3NO4. The number of hydrogen-bond acceptors (Lipinski definition) is 4. The molecular weight excluding hydrogens is 443 g/mol. The fraction of sp³-hybridized carbons (Fsp3) is 0.105. The monoisotopic (exact) mass is 455 g/mol. The van der Waals surface area contributed by atoms with Crippen LogP contribution in [0.15, 0.2) is 69.6 Å². The Balaban J connectivity index is 1.55. The summed E-state index contributed by atoms with van der Waals surface area (Å²) in [7, 11) is 0. The van der Waals surface area contributed by atoms with Crippen LogP contribution in [-0.4, -0.2) is 12.3 Å². The molecule has 1 N–H and O–H groups in total. The van der Waals surface area contributed by atoms with Gasteiger partial charge < -0.3 is 19.2 Å². The second-order valence-electron chi connectivity index (χ2n) is 5.53. The van der Waals surface area contributed by atoms with E-state index < -0.39 is 12.3 Å². The average Bonchev–Trinajstić information content (AvgIpc) is 3.11. The van der Waals surface area contributed by atoms with Crippen LogP contribution in [0.5, 0.6) is 11.5 Å². The number of carbonyl (C=O) groups excluding carboxylic acids is 1. The number of halogens is 4. The van der Waals surface area contributed by atoms with E-state index in [2.05, 4.69) is 26.0 Å². The van der Waals surface area contributed by atoms with Gasteiger partial charge in [-0.15, -0.1) is 13.2 Å². The first-order valence-corrected chi connectivity index (χ1v) is 8.72. The number of alkyl halides is 3. The largest absolute Gasteiger partial charge is 0.573 e. The number of carbonyl (C=O) groups is 1. The molecule has 0 spiro atoms. The lowest BCUT2D eigenvalue weighted by molar-refractivity contribution is -0.274. The van der Waals surface area contributed by atoms with Gasteiger partial charge in [-0.2, -0.15) is 0 Å². The maximum atomic E-state index is 12.2. The third-order valence-electron chi connectivity index (χ3n) is 3.43. The van der Waals surface area contributed by atoms with Gasteiger partial charge in [0.1, 0.15) is 23.9 Å². The van der Waals surface area contributed by atoms with Crippen LogP contribution in [0.25, 0.3) is 0 Å². The van der Waals surface area contributed by atoms with Gasteiger partial charge in [-0.05, 0) is 60.7 Å². The molecule has 0 aliphatic carbocycles. The molecule has 5 nitrogen and oxygen atoms in total. The minimum Gasteiger partial charge on any atom is -0.486 e. The smallest absolute Gasteiger partial charge is 0.486 e. The molecule has 2 aromatic carbocycles. The molecule has 0 bridgehead atoms. The van der Waals surface area contributed by atoms with Gasteiger partial charge in [-0.25, -0.2) is 0 Å². The third kappa shape index (κ3) is 5.78. The molecule has 1 heterocycles. The van der Waals surface area contributed by atoms with Crippen molar-refractivity contribution in [2.24, 2.45) is 0 Å². The van der Waals surface area contributed by atoms with Crippen molar-refractivity contribution in [2.75, 3.05) is 5.32 Å². The van der Waals surface area contributed by atoms with Crippen molar-refractivity contribution in [3.05, 3.63) is 76.7 Å². The summed E-state index contributed by atoms with van der Waals surface area (Å²) in [6, 6.07) is 15.1. The van der Waals surface area contributed by atoms with E-state index in [0.717, 1.165) is 16.6 Å². The molecule has 0 atom stereocenters. The molecule has 146 valence electrons. The normalized spacial score (nSPS) is 11.1. The van der Waals surface area contributed by atoms with Crippen molar-refractivity contribution in [3.63, 3.8) is 0 Å². The fourth-order valence-corrected chi connectivity index (χ4v) is 2.46. The minimum atomic E-state index is -4.77. The SMILES string of the molecule is O=C(Nc1ccc(OC(F)(F)F)cc1)c1ccc(COc2ccc(Br)cc2)o1. The van der Waals surface area contributed by atoms with E-state index in [1.807, 2.05) is 12.1 Å². The van der Waals surface area contributed by atoms with Gasteiger partial charge in [-0.3, -0.25) is 4.79 Å². The molecule has 3 aromatic rings. The van der Waals surface area contributed by atoms with E-state index in [-0.39, 0.29) is 18.1 Å². The van der Waals surface area contributed by atoms with Crippen molar-refractivity contribution < 1.29 is 31.9 Å². The van der Waals surface area contributed by atoms with Gasteiger partial charge in [0.25, 0.3) is 5.91 Å². The lowest BCUT2D eigenvalue weighted by Crippen LogP contribution is -2.17. The van der Waals surface area contributed by atoms with Gasteiger partial charge in [0.05, 0.1) is 0 Å². The van der Waals surface area contributed by atoms with Crippen molar-refractivity contribution in [1.29, 1.82) is 0 Å². The molecule has 0 saturated heterocycles. The summed E-state index contributed by atoms with van der Waals surface area (Å²) >= 11 is 3.33. The topological polar surface area (TPSA) is 60.7 Å². The average molecular weight is 456 g/mol. The van der Waals surface area contributed by atoms with Crippen LogP contribution in [0.2, 0.25) is 0 Å². The Bertz CT molecular complexity index is 937. The third-order valence-corrected chi connectivity index (χ3v) is 3.95. The molecule has 3 rings (SSSR count). The summed E-state index contributed by atoms with van der Waals surface area (Å²) in [5.74, 6) is 0.217. The van der Waals surface area contributed by atoms with E-state index in [4.69, 9.17) is 9.15 Å². The summed E-state index contributed by atoms with van der Waals surface area (Å²) in [5, 5.41) is 2.53. The lowest BCUT2D eigenvalue weighted by Gasteiger charge is -2.09. The highest BCUT2D eigenvalue weighted by atomic mass is 79.9. The minimum absolute atomic E-state index is 0.0463. The molecule has 28 heavy (non-hydrogen) atoms.